The topological polar surface area (TPSA) is 223 Å². The molecule has 0 radical (unpaired) electrons. The van der Waals surface area contributed by atoms with E-state index >= 15 is 0 Å². The monoisotopic (exact) mass is 1300 g/mol. The lowest BCUT2D eigenvalue weighted by molar-refractivity contribution is 0.125. The summed E-state index contributed by atoms with van der Waals surface area (Å²) in [7, 11) is 2.24. The molecule has 2 atom stereocenters. The Morgan fingerprint density at radius 2 is 1.16 bits per heavy atom. The number of thioether (sulfide) groups is 1. The molecule has 1 aromatic carbocycles. The van der Waals surface area contributed by atoms with Crippen molar-refractivity contribution in [1.82, 2.24) is 63.5 Å². The predicted octanol–water partition coefficient (Wildman–Crippen LogP) is 10.9. The summed E-state index contributed by atoms with van der Waals surface area (Å²) in [5.74, 6) is 4.70. The van der Waals surface area contributed by atoms with Gasteiger partial charge in [-0.1, -0.05) is 48.2 Å². The van der Waals surface area contributed by atoms with Gasteiger partial charge in [0, 0.05) is 67.7 Å². The molecular weight excluding hydrogens is 1230 g/mol. The van der Waals surface area contributed by atoms with Crippen LogP contribution in [0.4, 0.5) is 17.3 Å². The number of rotatable bonds is 16. The fraction of sp³-hybridized carbons (Fsp3) is 0.344. The van der Waals surface area contributed by atoms with E-state index in [2.05, 4.69) is 126 Å². The molecular formula is C61H71Br2N15O6S. The molecule has 2 aliphatic heterocycles. The summed E-state index contributed by atoms with van der Waals surface area (Å²) in [4.78, 5) is 75.1. The Bertz CT molecular complexity index is 3900. The number of H-pyrrole nitrogens is 1. The van der Waals surface area contributed by atoms with Crippen molar-refractivity contribution in [2.24, 2.45) is 11.8 Å². The number of halogens is 2. The van der Waals surface area contributed by atoms with Crippen molar-refractivity contribution in [3.05, 3.63) is 175 Å². The van der Waals surface area contributed by atoms with Gasteiger partial charge in [0.25, 0.3) is 11.1 Å². The fourth-order valence-corrected chi connectivity index (χ4v) is 10.7. The molecule has 446 valence electrons. The maximum atomic E-state index is 13.3. The summed E-state index contributed by atoms with van der Waals surface area (Å²) in [6.07, 6.45) is 11.0. The molecule has 85 heavy (non-hydrogen) atoms. The second-order valence-corrected chi connectivity index (χ2v) is 23.2. The average Bonchev–Trinajstić information content (AvgIpc) is 3.16. The molecule has 9 aromatic rings. The molecule has 10 heterocycles. The van der Waals surface area contributed by atoms with Crippen LogP contribution in [0.2, 0.25) is 0 Å². The van der Waals surface area contributed by atoms with Crippen LogP contribution in [0.1, 0.15) is 54.4 Å². The number of nitrogens with zero attached hydrogens (tertiary/aromatic N) is 13. The second-order valence-electron chi connectivity index (χ2n) is 20.8. The van der Waals surface area contributed by atoms with Crippen LogP contribution in [0.5, 0.6) is 17.6 Å². The zero-order valence-electron chi connectivity index (χ0n) is 48.9. The van der Waals surface area contributed by atoms with E-state index in [1.54, 1.807) is 62.9 Å². The lowest BCUT2D eigenvalue weighted by Gasteiger charge is -2.44. The molecule has 8 aromatic heterocycles. The number of hydrogen-bond acceptors (Lipinski definition) is 17. The van der Waals surface area contributed by atoms with Crippen molar-refractivity contribution in [3.8, 4) is 29.3 Å². The Labute approximate surface area is 514 Å². The minimum Gasteiger partial charge on any atom is -0.475 e. The number of pyridine rings is 4. The third-order valence-corrected chi connectivity index (χ3v) is 14.7. The number of ether oxygens (including phenoxy) is 3. The van der Waals surface area contributed by atoms with E-state index in [4.69, 9.17) is 19.2 Å². The van der Waals surface area contributed by atoms with Crippen LogP contribution < -0.4 is 41.1 Å². The Morgan fingerprint density at radius 1 is 0.647 bits per heavy atom. The Morgan fingerprint density at radius 3 is 1.68 bits per heavy atom. The van der Waals surface area contributed by atoms with E-state index < -0.39 is 0 Å². The van der Waals surface area contributed by atoms with Gasteiger partial charge in [-0.15, -0.1) is 13.2 Å². The van der Waals surface area contributed by atoms with Gasteiger partial charge < -0.3 is 34.3 Å². The number of anilines is 3. The zero-order chi connectivity index (χ0) is 60.7. The number of piperidine rings is 2. The molecule has 0 bridgehead atoms. The normalized spacial score (nSPS) is 14.8. The number of nitrogens with one attached hydrogen (secondary N) is 2. The highest BCUT2D eigenvalue weighted by molar-refractivity contribution is 9.10. The number of benzene rings is 1. The van der Waals surface area contributed by atoms with Crippen LogP contribution in [0.3, 0.4) is 0 Å². The van der Waals surface area contributed by atoms with E-state index in [9.17, 15) is 14.4 Å². The standard InChI is InChI=1S/C31H38N8O2.C17H19N5O2S.C8H10BrNO.C5H4BrNO/c1-5-15-38-30(40)26-18-32-31(35-29(26)39(38)27-7-6-8-28(34-27)41-21(2)3)33-24-9-11-25(12-10-24)37-17-14-22-19-36(4)16-13-23(22)20-37;1-5-9-21-16(23)12-10-18-17(25-4)20-15(12)22(21)13-7-6-8-14(19-13)24-11(2)3;1-6(2)11-8-5-3-4-7(9)10-8;6-4-2-1-3-5(8)7-4/h5-12,18,21-23H,1,13-17,19-20H2,2-4H3,(H,32,33,35);5-8,10-11H,1,9H2,2-4H3;3-6H,1-2H3;1-3H,(H,7,8). The fourth-order valence-electron chi connectivity index (χ4n) is 9.66. The number of aromatic nitrogens is 12. The van der Waals surface area contributed by atoms with E-state index in [1.165, 1.54) is 54.1 Å². The van der Waals surface area contributed by atoms with E-state index in [-0.39, 0.29) is 35.0 Å². The maximum absolute atomic E-state index is 13.3. The molecule has 0 aliphatic carbocycles. The van der Waals surface area contributed by atoms with Crippen molar-refractivity contribution in [1.29, 1.82) is 0 Å². The van der Waals surface area contributed by atoms with Crippen LogP contribution in [0.25, 0.3) is 33.7 Å². The highest BCUT2D eigenvalue weighted by atomic mass is 79.9. The van der Waals surface area contributed by atoms with Crippen LogP contribution >= 0.6 is 43.6 Å². The van der Waals surface area contributed by atoms with E-state index in [0.29, 0.717) is 80.1 Å². The van der Waals surface area contributed by atoms with Gasteiger partial charge in [0.05, 0.1) is 36.0 Å². The van der Waals surface area contributed by atoms with E-state index in [1.807, 2.05) is 90.3 Å². The molecule has 0 spiro atoms. The lowest BCUT2D eigenvalue weighted by atomic mass is 9.80. The smallest absolute Gasteiger partial charge is 0.278 e. The molecule has 2 saturated heterocycles. The van der Waals surface area contributed by atoms with Crippen LogP contribution in [0.15, 0.2) is 164 Å². The van der Waals surface area contributed by atoms with Gasteiger partial charge in [-0.3, -0.25) is 14.4 Å². The van der Waals surface area contributed by atoms with Gasteiger partial charge >= 0.3 is 0 Å². The third-order valence-electron chi connectivity index (χ3n) is 13.3. The predicted molar refractivity (Wildman–Crippen MR) is 344 cm³/mol. The zero-order valence-corrected chi connectivity index (χ0v) is 52.9. The van der Waals surface area contributed by atoms with Gasteiger partial charge in [0.2, 0.25) is 29.1 Å². The third kappa shape index (κ3) is 16.7. The number of aromatic amines is 1. The molecule has 0 amide bonds. The first-order chi connectivity index (χ1) is 40.9. The summed E-state index contributed by atoms with van der Waals surface area (Å²) in [5, 5.41) is 4.75. The molecule has 11 rings (SSSR count). The van der Waals surface area contributed by atoms with Crippen molar-refractivity contribution in [3.63, 3.8) is 0 Å². The van der Waals surface area contributed by atoms with Crippen molar-refractivity contribution in [2.45, 2.75) is 90.9 Å². The number of allylic oxidation sites excluding steroid dienone is 2. The largest absolute Gasteiger partial charge is 0.475 e. The quantitative estimate of drug-likeness (QED) is 0.0397. The van der Waals surface area contributed by atoms with E-state index in [0.717, 1.165) is 35.2 Å². The highest BCUT2D eigenvalue weighted by Gasteiger charge is 2.33. The summed E-state index contributed by atoms with van der Waals surface area (Å²) < 4.78 is 24.8. The van der Waals surface area contributed by atoms with Gasteiger partial charge in [0.15, 0.2) is 28.1 Å². The molecule has 2 aliphatic rings. The first kappa shape index (κ1) is 63.1. The van der Waals surface area contributed by atoms with Crippen LogP contribution in [0, 0.1) is 11.8 Å². The molecule has 2 fully saturated rings. The number of hydrogen-bond donors (Lipinski definition) is 2. The summed E-state index contributed by atoms with van der Waals surface area (Å²) >= 11 is 7.78. The van der Waals surface area contributed by atoms with Gasteiger partial charge in [-0.25, -0.2) is 38.7 Å². The molecule has 2 N–H and O–H groups in total. The Hall–Kier alpha value is -7.93. The van der Waals surface area contributed by atoms with Gasteiger partial charge in [0.1, 0.15) is 15.4 Å². The first-order valence-corrected chi connectivity index (χ1v) is 30.7. The van der Waals surface area contributed by atoms with Crippen molar-refractivity contribution < 1.29 is 14.2 Å². The Kier molecular flexibility index (Phi) is 22.1. The number of likely N-dealkylation sites (tertiary alicyclic amines) is 1. The summed E-state index contributed by atoms with van der Waals surface area (Å²) in [5.41, 5.74) is 2.63. The molecule has 2 unspecified atom stereocenters. The minimum absolute atomic E-state index is 0.00458. The molecule has 0 saturated carbocycles. The molecule has 21 nitrogen and oxygen atoms in total. The van der Waals surface area contributed by atoms with Crippen LogP contribution in [-0.4, -0.2) is 121 Å². The second kappa shape index (κ2) is 29.7. The van der Waals surface area contributed by atoms with Crippen molar-refractivity contribution >= 4 is 83.0 Å². The Balaban J connectivity index is 0.000000179. The number of fused-ring (bicyclic) bond motifs is 3. The maximum Gasteiger partial charge on any atom is 0.278 e. The van der Waals surface area contributed by atoms with Crippen molar-refractivity contribution in [2.75, 3.05) is 49.7 Å². The lowest BCUT2D eigenvalue weighted by Crippen LogP contribution is -2.48. The van der Waals surface area contributed by atoms with Crippen LogP contribution in [-0.2, 0) is 13.1 Å². The molecule has 24 heteroatoms. The summed E-state index contributed by atoms with van der Waals surface area (Å²) in [6.45, 7) is 24.5. The summed E-state index contributed by atoms with van der Waals surface area (Å²) in [6, 6.07) is 29.9. The van der Waals surface area contributed by atoms with Gasteiger partial charge in [-0.2, -0.15) is 15.0 Å². The minimum atomic E-state index is -0.207. The first-order valence-electron chi connectivity index (χ1n) is 27.9. The van der Waals surface area contributed by atoms with Gasteiger partial charge in [-0.05, 0) is 166 Å². The SMILES string of the molecule is C=CCn1c(=O)c2cnc(Nc3ccc(N4CCC5CN(C)CCC5C4)cc3)nc2n1-c1cccc(OC(C)C)n1.C=CCn1c(=O)c2cnc(SC)nc2n1-c1cccc(OC(C)C)n1.CC(C)Oc1cccc(Br)n1.O=c1cccc(Br)[nH]1. The average molecular weight is 1300 g/mol. The highest BCUT2D eigenvalue weighted by Crippen LogP contribution is 2.34.